The van der Waals surface area contributed by atoms with E-state index in [-0.39, 0.29) is 12.2 Å². The van der Waals surface area contributed by atoms with Crippen LogP contribution in [0.3, 0.4) is 0 Å². The van der Waals surface area contributed by atoms with E-state index in [1.165, 1.54) is 0 Å². The Hall–Kier alpha value is -1.52. The van der Waals surface area contributed by atoms with Gasteiger partial charge in [-0.05, 0) is 20.3 Å². The molecule has 1 heterocycles. The fourth-order valence-electron chi connectivity index (χ4n) is 1.45. The minimum Gasteiger partial charge on any atom is -0.447 e. The molecule has 0 saturated carbocycles. The average molecular weight is 225 g/mol. The molecule has 0 saturated heterocycles. The normalized spacial score (nSPS) is 10.6. The molecular formula is C11H19N3O2. The van der Waals surface area contributed by atoms with Crippen molar-refractivity contribution < 1.29 is 9.53 Å². The summed E-state index contributed by atoms with van der Waals surface area (Å²) in [6.45, 7) is 6.14. The predicted octanol–water partition coefficient (Wildman–Crippen LogP) is 1.62. The van der Waals surface area contributed by atoms with Crippen molar-refractivity contribution in [1.29, 1.82) is 0 Å². The average Bonchev–Trinajstić information content (AvgIpc) is 2.55. The minimum atomic E-state index is -0.388. The molecule has 0 aliphatic rings. The fraction of sp³-hybridized carbons (Fsp3) is 0.636. The molecule has 0 unspecified atom stereocenters. The highest BCUT2D eigenvalue weighted by Gasteiger charge is 2.08. The fourth-order valence-corrected chi connectivity index (χ4v) is 1.45. The number of carbonyl (C=O) groups excluding carboxylic acids is 1. The standard InChI is InChI=1S/C11H19N3O2/c1-5-10-9(7-14(4)13-10)6-12-11(15)16-8(2)3/h7-8H,5-6H2,1-4H3,(H,12,15). The first kappa shape index (κ1) is 12.5. The Kier molecular flexibility index (Phi) is 4.34. The topological polar surface area (TPSA) is 56.2 Å². The van der Waals surface area contributed by atoms with Crippen molar-refractivity contribution in [3.05, 3.63) is 17.5 Å². The predicted molar refractivity (Wildman–Crippen MR) is 61.0 cm³/mol. The van der Waals surface area contributed by atoms with Gasteiger partial charge in [-0.1, -0.05) is 6.92 Å². The van der Waals surface area contributed by atoms with Crippen LogP contribution in [-0.4, -0.2) is 22.0 Å². The monoisotopic (exact) mass is 225 g/mol. The third kappa shape index (κ3) is 3.56. The molecule has 1 aromatic rings. The van der Waals surface area contributed by atoms with Crippen LogP contribution in [-0.2, 0) is 24.8 Å². The summed E-state index contributed by atoms with van der Waals surface area (Å²) in [6, 6.07) is 0. The summed E-state index contributed by atoms with van der Waals surface area (Å²) in [4.78, 5) is 11.3. The van der Waals surface area contributed by atoms with Gasteiger partial charge in [0.05, 0.1) is 11.8 Å². The highest BCUT2D eigenvalue weighted by molar-refractivity contribution is 5.67. The second kappa shape index (κ2) is 5.53. The second-order valence-electron chi connectivity index (χ2n) is 3.94. The van der Waals surface area contributed by atoms with Gasteiger partial charge in [0.1, 0.15) is 0 Å². The Morgan fingerprint density at radius 1 is 1.62 bits per heavy atom. The Labute approximate surface area is 95.8 Å². The highest BCUT2D eigenvalue weighted by Crippen LogP contribution is 2.06. The number of hydrogen-bond acceptors (Lipinski definition) is 3. The second-order valence-corrected chi connectivity index (χ2v) is 3.94. The van der Waals surface area contributed by atoms with E-state index < -0.39 is 0 Å². The lowest BCUT2D eigenvalue weighted by molar-refractivity contribution is 0.115. The third-order valence-electron chi connectivity index (χ3n) is 2.09. The quantitative estimate of drug-likeness (QED) is 0.847. The van der Waals surface area contributed by atoms with Crippen molar-refractivity contribution in [1.82, 2.24) is 15.1 Å². The van der Waals surface area contributed by atoms with Gasteiger partial charge < -0.3 is 10.1 Å². The van der Waals surface area contributed by atoms with Crippen LogP contribution in [0.2, 0.25) is 0 Å². The van der Waals surface area contributed by atoms with Crippen LogP contribution >= 0.6 is 0 Å². The number of rotatable bonds is 4. The van der Waals surface area contributed by atoms with Crippen molar-refractivity contribution in [2.75, 3.05) is 0 Å². The number of nitrogens with zero attached hydrogens (tertiary/aromatic N) is 2. The van der Waals surface area contributed by atoms with Gasteiger partial charge in [0.15, 0.2) is 0 Å². The van der Waals surface area contributed by atoms with Crippen LogP contribution in [0.4, 0.5) is 4.79 Å². The van der Waals surface area contributed by atoms with Crippen molar-refractivity contribution in [2.45, 2.75) is 39.8 Å². The molecule has 16 heavy (non-hydrogen) atoms. The Bertz CT molecular complexity index is 358. The summed E-state index contributed by atoms with van der Waals surface area (Å²) in [6.07, 6.45) is 2.28. The molecule has 0 bridgehead atoms. The van der Waals surface area contributed by atoms with Crippen LogP contribution in [0.1, 0.15) is 32.0 Å². The molecule has 1 N–H and O–H groups in total. The number of nitrogens with one attached hydrogen (secondary N) is 1. The molecule has 0 fully saturated rings. The Morgan fingerprint density at radius 2 is 2.31 bits per heavy atom. The molecule has 0 radical (unpaired) electrons. The largest absolute Gasteiger partial charge is 0.447 e. The maximum Gasteiger partial charge on any atom is 0.407 e. The number of carbonyl (C=O) groups is 1. The number of hydrogen-bond donors (Lipinski definition) is 1. The summed E-state index contributed by atoms with van der Waals surface area (Å²) in [7, 11) is 1.87. The molecule has 5 heteroatoms. The van der Waals surface area contributed by atoms with Gasteiger partial charge in [-0.25, -0.2) is 4.79 Å². The zero-order valence-corrected chi connectivity index (χ0v) is 10.3. The van der Waals surface area contributed by atoms with Gasteiger partial charge in [0.2, 0.25) is 0 Å². The maximum atomic E-state index is 11.3. The zero-order valence-electron chi connectivity index (χ0n) is 10.3. The lowest BCUT2D eigenvalue weighted by atomic mass is 10.2. The molecule has 0 aliphatic heterocycles. The van der Waals surface area contributed by atoms with Crippen molar-refractivity contribution in [2.24, 2.45) is 7.05 Å². The molecule has 0 aromatic carbocycles. The van der Waals surface area contributed by atoms with E-state index in [1.807, 2.05) is 34.0 Å². The Balaban J connectivity index is 2.50. The minimum absolute atomic E-state index is 0.0976. The van der Waals surface area contributed by atoms with Gasteiger partial charge in [0.25, 0.3) is 0 Å². The number of alkyl carbamates (subject to hydrolysis) is 1. The van der Waals surface area contributed by atoms with Crippen LogP contribution in [0.25, 0.3) is 0 Å². The Morgan fingerprint density at radius 3 is 2.88 bits per heavy atom. The van der Waals surface area contributed by atoms with Crippen molar-refractivity contribution in [3.63, 3.8) is 0 Å². The maximum absolute atomic E-state index is 11.3. The molecule has 0 aliphatic carbocycles. The molecule has 5 nitrogen and oxygen atoms in total. The molecule has 0 atom stereocenters. The molecular weight excluding hydrogens is 206 g/mol. The first-order valence-corrected chi connectivity index (χ1v) is 5.48. The molecule has 1 rings (SSSR count). The van der Waals surface area contributed by atoms with Crippen LogP contribution in [0, 0.1) is 0 Å². The van der Waals surface area contributed by atoms with Gasteiger partial charge in [0, 0.05) is 25.4 Å². The third-order valence-corrected chi connectivity index (χ3v) is 2.09. The number of aryl methyl sites for hydroxylation is 2. The van der Waals surface area contributed by atoms with E-state index in [1.54, 1.807) is 4.68 Å². The number of ether oxygens (including phenoxy) is 1. The summed E-state index contributed by atoms with van der Waals surface area (Å²) in [5.41, 5.74) is 2.04. The van der Waals surface area contributed by atoms with Crippen LogP contribution < -0.4 is 5.32 Å². The molecule has 0 spiro atoms. The molecule has 1 aromatic heterocycles. The first-order valence-electron chi connectivity index (χ1n) is 5.48. The van der Waals surface area contributed by atoms with Crippen LogP contribution in [0.5, 0.6) is 0 Å². The number of amides is 1. The number of aromatic nitrogens is 2. The lowest BCUT2D eigenvalue weighted by Crippen LogP contribution is -2.26. The van der Waals surface area contributed by atoms with E-state index in [4.69, 9.17) is 4.74 Å². The summed E-state index contributed by atoms with van der Waals surface area (Å²) < 4.78 is 6.73. The van der Waals surface area contributed by atoms with Gasteiger partial charge >= 0.3 is 6.09 Å². The summed E-state index contributed by atoms with van der Waals surface area (Å²) >= 11 is 0. The lowest BCUT2D eigenvalue weighted by Gasteiger charge is -2.08. The summed E-state index contributed by atoms with van der Waals surface area (Å²) in [5, 5.41) is 7.00. The first-order chi connectivity index (χ1) is 7.52. The summed E-state index contributed by atoms with van der Waals surface area (Å²) in [5.74, 6) is 0. The van der Waals surface area contributed by atoms with Crippen molar-refractivity contribution >= 4 is 6.09 Å². The highest BCUT2D eigenvalue weighted by atomic mass is 16.6. The van der Waals surface area contributed by atoms with E-state index in [0.717, 1.165) is 17.7 Å². The van der Waals surface area contributed by atoms with E-state index >= 15 is 0 Å². The molecule has 90 valence electrons. The smallest absolute Gasteiger partial charge is 0.407 e. The molecule has 1 amide bonds. The van der Waals surface area contributed by atoms with E-state index in [9.17, 15) is 4.79 Å². The van der Waals surface area contributed by atoms with Crippen LogP contribution in [0.15, 0.2) is 6.20 Å². The van der Waals surface area contributed by atoms with E-state index in [2.05, 4.69) is 10.4 Å². The van der Waals surface area contributed by atoms with Gasteiger partial charge in [-0.2, -0.15) is 5.10 Å². The zero-order chi connectivity index (χ0) is 12.1. The van der Waals surface area contributed by atoms with E-state index in [0.29, 0.717) is 6.54 Å². The SMILES string of the molecule is CCc1nn(C)cc1CNC(=O)OC(C)C. The van der Waals surface area contributed by atoms with Gasteiger partial charge in [-0.3, -0.25) is 4.68 Å². The van der Waals surface area contributed by atoms with Crippen molar-refractivity contribution in [3.8, 4) is 0 Å². The van der Waals surface area contributed by atoms with Gasteiger partial charge in [-0.15, -0.1) is 0 Å².